The van der Waals surface area contributed by atoms with Crippen molar-refractivity contribution in [3.8, 4) is 56.4 Å². The first-order chi connectivity index (χ1) is 29.1. The molecule has 0 radical (unpaired) electrons. The lowest BCUT2D eigenvalue weighted by atomic mass is 9.97. The third kappa shape index (κ3) is 4.84. The van der Waals surface area contributed by atoms with E-state index in [0.717, 1.165) is 11.1 Å². The monoisotopic (exact) mass is 615 g/mol. The highest BCUT2D eigenvalue weighted by atomic mass is 16.3. The number of furan rings is 1. The summed E-state index contributed by atoms with van der Waals surface area (Å²) in [6.07, 6.45) is 0. The second-order valence-electron chi connectivity index (χ2n) is 10.6. The topological polar surface area (TPSA) is 51.8 Å². The fourth-order valence-electron chi connectivity index (χ4n) is 5.53. The van der Waals surface area contributed by atoms with Gasteiger partial charge in [-0.05, 0) is 45.1 Å². The number of rotatable bonds is 5. The van der Waals surface area contributed by atoms with Crippen LogP contribution < -0.4 is 0 Å². The smallest absolute Gasteiger partial charge is 0.164 e. The quantitative estimate of drug-likeness (QED) is 0.193. The van der Waals surface area contributed by atoms with E-state index in [1.807, 2.05) is 42.5 Å². The van der Waals surface area contributed by atoms with Crippen LogP contribution in [0, 0.1) is 0 Å². The third-order valence-corrected chi connectivity index (χ3v) is 7.80. The second kappa shape index (κ2) is 11.2. The van der Waals surface area contributed by atoms with E-state index >= 15 is 0 Å². The zero-order chi connectivity index (χ0) is 43.3. The predicted octanol–water partition coefficient (Wildman–Crippen LogP) is 11.3. The number of hydrogen-bond acceptors (Lipinski definition) is 4. The van der Waals surface area contributed by atoms with Gasteiger partial charge in [0.25, 0.3) is 0 Å². The van der Waals surface area contributed by atoms with E-state index in [-0.39, 0.29) is 61.3 Å². The molecule has 4 heteroatoms. The number of hydrogen-bond donors (Lipinski definition) is 0. The Hall–Kier alpha value is -6.39. The van der Waals surface area contributed by atoms with Gasteiger partial charge in [0.05, 0.1) is 19.2 Å². The molecule has 2 aromatic heterocycles. The Labute approximate surface area is 291 Å². The lowest BCUT2D eigenvalue weighted by Crippen LogP contribution is -2.00. The third-order valence-electron chi connectivity index (χ3n) is 7.80. The van der Waals surface area contributed by atoms with Gasteiger partial charge in [0.15, 0.2) is 17.5 Å². The van der Waals surface area contributed by atoms with Crippen molar-refractivity contribution < 1.29 is 23.6 Å². The minimum atomic E-state index is -0.566. The van der Waals surface area contributed by atoms with Crippen molar-refractivity contribution in [1.82, 2.24) is 15.0 Å². The zero-order valence-electron chi connectivity index (χ0n) is 38.3. The van der Waals surface area contributed by atoms with Gasteiger partial charge < -0.3 is 4.42 Å². The van der Waals surface area contributed by atoms with Gasteiger partial charge in [-0.1, -0.05) is 151 Å². The van der Waals surface area contributed by atoms with Crippen LogP contribution in [0.25, 0.3) is 89.1 Å². The van der Waals surface area contributed by atoms with E-state index in [0.29, 0.717) is 16.7 Å². The summed E-state index contributed by atoms with van der Waals surface area (Å²) >= 11 is 0. The van der Waals surface area contributed by atoms with Crippen molar-refractivity contribution in [3.63, 3.8) is 0 Å². The van der Waals surface area contributed by atoms with Gasteiger partial charge >= 0.3 is 0 Å². The van der Waals surface area contributed by atoms with E-state index in [1.54, 1.807) is 36.4 Å². The average molecular weight is 616 g/mol. The minimum Gasteiger partial charge on any atom is -0.456 e. The molecule has 0 aliphatic heterocycles. The molecule has 0 bridgehead atoms. The van der Waals surface area contributed by atoms with E-state index in [1.165, 1.54) is 0 Å². The summed E-state index contributed by atoms with van der Waals surface area (Å²) in [5, 5.41) is -0.413. The van der Waals surface area contributed by atoms with Crippen LogP contribution in [0.15, 0.2) is 168 Å². The number of fused-ring (bicyclic) bond motifs is 4. The van der Waals surface area contributed by atoms with E-state index < -0.39 is 84.6 Å². The molecule has 0 N–H and O–H groups in total. The molecule has 0 aliphatic rings. The Bertz CT molecular complexity index is 3330. The Morgan fingerprint density at radius 3 is 1.70 bits per heavy atom. The SMILES string of the molecule is [2H]c1c([2H])c([2H])c2c(oc3c([2H])c([2H])c([2H])c(-c4nc(-c5ccc(-c6ccccc6)cc5)nc(-c5ccc(-c6c([2H])c([2H])c([2H])c7c([2H])c([2H])c([2H])c([2H])c67)cc5)n4)c32)c1[2H]. The Kier molecular flexibility index (Phi) is 3.87. The standard InChI is InChI=1S/C43H27N3O/c1-2-10-28(11-3-1)29-20-24-32(25-21-29)41-44-42(33-26-22-31(23-27-33)35-16-8-13-30-12-4-5-14-34(30)35)46-43(45-41)37-17-9-19-39-40(37)36-15-6-7-18-38(36)47-39/h1-27H/i4D,5D,6D,7D,8D,9D,12D,13D,14D,15D,16D,17D,18D,19D. The van der Waals surface area contributed by atoms with Crippen molar-refractivity contribution in [2.45, 2.75) is 0 Å². The molecular formula is C43H27N3O. The van der Waals surface area contributed by atoms with Crippen LogP contribution in [0.2, 0.25) is 0 Å². The molecule has 0 unspecified atom stereocenters. The molecule has 47 heavy (non-hydrogen) atoms. The average Bonchev–Trinajstić information content (AvgIpc) is 3.68. The maximum Gasteiger partial charge on any atom is 0.164 e. The summed E-state index contributed by atoms with van der Waals surface area (Å²) in [4.78, 5) is 14.3. The van der Waals surface area contributed by atoms with E-state index in [4.69, 9.17) is 38.6 Å². The largest absolute Gasteiger partial charge is 0.456 e. The molecule has 9 rings (SSSR count). The summed E-state index contributed by atoms with van der Waals surface area (Å²) in [5.74, 6) is 0.0332. The fraction of sp³-hybridized carbons (Fsp3) is 0. The first-order valence-corrected chi connectivity index (χ1v) is 14.6. The highest BCUT2D eigenvalue weighted by molar-refractivity contribution is 6.11. The van der Waals surface area contributed by atoms with Gasteiger partial charge in [0.2, 0.25) is 0 Å². The Morgan fingerprint density at radius 1 is 0.404 bits per heavy atom. The molecule has 0 spiro atoms. The van der Waals surface area contributed by atoms with Gasteiger partial charge in [-0.2, -0.15) is 0 Å². The van der Waals surface area contributed by atoms with E-state index in [2.05, 4.69) is 0 Å². The highest BCUT2D eigenvalue weighted by Gasteiger charge is 2.18. The molecular weight excluding hydrogens is 574 g/mol. The van der Waals surface area contributed by atoms with Crippen LogP contribution in [0.5, 0.6) is 0 Å². The maximum atomic E-state index is 9.12. The normalized spacial score (nSPS) is 15.6. The van der Waals surface area contributed by atoms with Crippen LogP contribution in [-0.4, -0.2) is 15.0 Å². The molecule has 0 aliphatic carbocycles. The molecule has 0 saturated carbocycles. The summed E-state index contributed by atoms with van der Waals surface area (Å²) in [7, 11) is 0. The number of nitrogens with zero attached hydrogens (tertiary/aromatic N) is 3. The first-order valence-electron chi connectivity index (χ1n) is 21.6. The van der Waals surface area contributed by atoms with Crippen molar-refractivity contribution >= 4 is 32.7 Å². The van der Waals surface area contributed by atoms with Gasteiger partial charge in [0.1, 0.15) is 11.2 Å². The summed E-state index contributed by atoms with van der Waals surface area (Å²) < 4.78 is 126. The maximum absolute atomic E-state index is 9.12. The molecule has 0 atom stereocenters. The van der Waals surface area contributed by atoms with Crippen molar-refractivity contribution in [1.29, 1.82) is 0 Å². The molecule has 0 fully saturated rings. The molecule has 9 aromatic rings. The molecule has 7 aromatic carbocycles. The summed E-state index contributed by atoms with van der Waals surface area (Å²) in [5.41, 5.74) is 2.49. The lowest BCUT2D eigenvalue weighted by molar-refractivity contribution is 0.669. The number of aromatic nitrogens is 3. The predicted molar refractivity (Wildman–Crippen MR) is 192 cm³/mol. The Morgan fingerprint density at radius 2 is 0.936 bits per heavy atom. The van der Waals surface area contributed by atoms with Gasteiger partial charge in [-0.15, -0.1) is 0 Å². The molecule has 4 nitrogen and oxygen atoms in total. The zero-order valence-corrected chi connectivity index (χ0v) is 24.3. The summed E-state index contributed by atoms with van der Waals surface area (Å²) in [6, 6.07) is 16.2. The van der Waals surface area contributed by atoms with Crippen molar-refractivity contribution in [2.24, 2.45) is 0 Å². The van der Waals surface area contributed by atoms with Crippen LogP contribution in [0.3, 0.4) is 0 Å². The van der Waals surface area contributed by atoms with Crippen LogP contribution in [0.1, 0.15) is 19.2 Å². The molecule has 0 saturated heterocycles. The summed E-state index contributed by atoms with van der Waals surface area (Å²) in [6.45, 7) is 0. The van der Waals surface area contributed by atoms with Crippen LogP contribution in [-0.2, 0) is 0 Å². The second-order valence-corrected chi connectivity index (χ2v) is 10.6. The van der Waals surface area contributed by atoms with Gasteiger partial charge in [-0.25, -0.2) is 15.0 Å². The fourth-order valence-corrected chi connectivity index (χ4v) is 5.53. The van der Waals surface area contributed by atoms with Crippen LogP contribution >= 0.6 is 0 Å². The van der Waals surface area contributed by atoms with Crippen LogP contribution in [0.4, 0.5) is 0 Å². The first kappa shape index (κ1) is 16.3. The molecule has 2 heterocycles. The molecule has 0 amide bonds. The number of benzene rings is 7. The van der Waals surface area contributed by atoms with Gasteiger partial charge in [-0.3, -0.25) is 0 Å². The van der Waals surface area contributed by atoms with Crippen molar-refractivity contribution in [2.75, 3.05) is 0 Å². The van der Waals surface area contributed by atoms with Gasteiger partial charge in [0, 0.05) is 27.5 Å². The van der Waals surface area contributed by atoms with E-state index in [9.17, 15) is 0 Å². The lowest BCUT2D eigenvalue weighted by Gasteiger charge is -2.11. The Balaban J connectivity index is 1.29. The molecule has 220 valence electrons. The highest BCUT2D eigenvalue weighted by Crippen LogP contribution is 2.37. The number of para-hydroxylation sites is 1. The van der Waals surface area contributed by atoms with Crippen molar-refractivity contribution in [3.05, 3.63) is 163 Å². The minimum absolute atomic E-state index is 0.0289.